The van der Waals surface area contributed by atoms with Crippen molar-refractivity contribution in [3.8, 4) is 0 Å². The van der Waals surface area contributed by atoms with Crippen LogP contribution in [0.25, 0.3) is 0 Å². The first-order valence-electron chi connectivity index (χ1n) is 5.55. The van der Waals surface area contributed by atoms with Crippen LogP contribution in [0.15, 0.2) is 18.3 Å². The van der Waals surface area contributed by atoms with Crippen LogP contribution in [0.4, 0.5) is 5.82 Å². The largest absolute Gasteiger partial charge is 0.310 e. The van der Waals surface area contributed by atoms with Crippen LogP contribution in [0.3, 0.4) is 0 Å². The van der Waals surface area contributed by atoms with Crippen LogP contribution < -0.4 is 5.32 Å². The number of nitrogens with one attached hydrogen (secondary N) is 1. The SMILES string of the molecule is Cc1ccnc(NC(=O)C2CN(S(C)(=O)=O)C2)c1. The number of pyridine rings is 1. The minimum atomic E-state index is -3.17. The van der Waals surface area contributed by atoms with E-state index in [0.717, 1.165) is 11.8 Å². The number of rotatable bonds is 3. The van der Waals surface area contributed by atoms with Crippen molar-refractivity contribution in [3.63, 3.8) is 0 Å². The Kier molecular flexibility index (Phi) is 3.36. The summed E-state index contributed by atoms with van der Waals surface area (Å²) in [6.07, 6.45) is 2.76. The van der Waals surface area contributed by atoms with E-state index in [4.69, 9.17) is 0 Å². The maximum atomic E-state index is 11.8. The number of carbonyl (C=O) groups is 1. The van der Waals surface area contributed by atoms with Crippen molar-refractivity contribution in [2.24, 2.45) is 5.92 Å². The average Bonchev–Trinajstić information content (AvgIpc) is 2.11. The number of nitrogens with zero attached hydrogens (tertiary/aromatic N) is 2. The zero-order chi connectivity index (χ0) is 13.3. The Morgan fingerprint density at radius 2 is 2.17 bits per heavy atom. The minimum absolute atomic E-state index is 0.187. The van der Waals surface area contributed by atoms with Gasteiger partial charge in [-0.3, -0.25) is 4.79 Å². The van der Waals surface area contributed by atoms with Crippen molar-refractivity contribution in [2.75, 3.05) is 24.7 Å². The summed E-state index contributed by atoms with van der Waals surface area (Å²) >= 11 is 0. The second-order valence-corrected chi connectivity index (χ2v) is 6.47. The number of aryl methyl sites for hydroxylation is 1. The van der Waals surface area contributed by atoms with E-state index in [2.05, 4.69) is 10.3 Å². The molecule has 2 heterocycles. The summed E-state index contributed by atoms with van der Waals surface area (Å²) in [4.78, 5) is 15.8. The fraction of sp³-hybridized carbons (Fsp3) is 0.455. The molecule has 1 aromatic rings. The predicted octanol–water partition coefficient (Wildman–Crippen LogP) is 0.220. The lowest BCUT2D eigenvalue weighted by atomic mass is 10.0. The number of hydrogen-bond donors (Lipinski definition) is 1. The maximum absolute atomic E-state index is 11.8. The standard InChI is InChI=1S/C11H15N3O3S/c1-8-3-4-12-10(5-8)13-11(15)9-6-14(7-9)18(2,16)17/h3-5,9H,6-7H2,1-2H3,(H,12,13,15). The first-order chi connectivity index (χ1) is 8.36. The fourth-order valence-electron chi connectivity index (χ4n) is 1.71. The highest BCUT2D eigenvalue weighted by atomic mass is 32.2. The van der Waals surface area contributed by atoms with Crippen LogP contribution in [0.5, 0.6) is 0 Å². The summed E-state index contributed by atoms with van der Waals surface area (Å²) in [7, 11) is -3.17. The van der Waals surface area contributed by atoms with Crippen molar-refractivity contribution in [2.45, 2.75) is 6.92 Å². The number of hydrogen-bond acceptors (Lipinski definition) is 4. The first-order valence-corrected chi connectivity index (χ1v) is 7.40. The molecule has 0 radical (unpaired) electrons. The molecule has 1 aliphatic heterocycles. The van der Waals surface area contributed by atoms with Gasteiger partial charge in [0.05, 0.1) is 12.2 Å². The molecular formula is C11H15N3O3S. The smallest absolute Gasteiger partial charge is 0.231 e. The summed E-state index contributed by atoms with van der Waals surface area (Å²) in [5, 5.41) is 2.69. The predicted molar refractivity (Wildman–Crippen MR) is 67.5 cm³/mol. The lowest BCUT2D eigenvalue weighted by Gasteiger charge is -2.35. The van der Waals surface area contributed by atoms with Gasteiger partial charge in [0.1, 0.15) is 5.82 Å². The first kappa shape index (κ1) is 13.0. The summed E-state index contributed by atoms with van der Waals surface area (Å²) in [5.41, 5.74) is 1.01. The molecule has 98 valence electrons. The van der Waals surface area contributed by atoms with E-state index in [1.165, 1.54) is 4.31 Å². The molecule has 0 aromatic carbocycles. The number of carbonyl (C=O) groups excluding carboxylic acids is 1. The van der Waals surface area contributed by atoms with Crippen molar-refractivity contribution >= 4 is 21.7 Å². The number of anilines is 1. The van der Waals surface area contributed by atoms with Gasteiger partial charge in [0.15, 0.2) is 0 Å². The van der Waals surface area contributed by atoms with Gasteiger partial charge in [-0.1, -0.05) is 0 Å². The highest BCUT2D eigenvalue weighted by Gasteiger charge is 2.37. The van der Waals surface area contributed by atoms with Gasteiger partial charge in [-0.15, -0.1) is 0 Å². The molecule has 0 unspecified atom stereocenters. The zero-order valence-electron chi connectivity index (χ0n) is 10.3. The van der Waals surface area contributed by atoms with Crippen LogP contribution in [0.2, 0.25) is 0 Å². The van der Waals surface area contributed by atoms with Gasteiger partial charge in [-0.2, -0.15) is 0 Å². The molecule has 1 N–H and O–H groups in total. The quantitative estimate of drug-likeness (QED) is 0.851. The third-order valence-electron chi connectivity index (χ3n) is 2.85. The monoisotopic (exact) mass is 269 g/mol. The highest BCUT2D eigenvalue weighted by molar-refractivity contribution is 7.88. The zero-order valence-corrected chi connectivity index (χ0v) is 11.1. The van der Waals surface area contributed by atoms with Crippen LogP contribution >= 0.6 is 0 Å². The molecule has 0 atom stereocenters. The molecule has 0 saturated carbocycles. The molecule has 6 nitrogen and oxygen atoms in total. The Morgan fingerprint density at radius 3 is 2.72 bits per heavy atom. The van der Waals surface area contributed by atoms with Crippen molar-refractivity contribution in [1.29, 1.82) is 0 Å². The third kappa shape index (κ3) is 2.85. The summed E-state index contributed by atoms with van der Waals surface area (Å²) in [6, 6.07) is 3.61. The Hall–Kier alpha value is -1.47. The summed E-state index contributed by atoms with van der Waals surface area (Å²) in [5.74, 6) is 0.0212. The van der Waals surface area contributed by atoms with E-state index >= 15 is 0 Å². The number of sulfonamides is 1. The van der Waals surface area contributed by atoms with E-state index in [1.807, 2.05) is 13.0 Å². The van der Waals surface area contributed by atoms with Crippen LogP contribution in [-0.2, 0) is 14.8 Å². The topological polar surface area (TPSA) is 79.4 Å². The van der Waals surface area contributed by atoms with Gasteiger partial charge in [0.25, 0.3) is 0 Å². The molecule has 1 amide bonds. The van der Waals surface area contributed by atoms with E-state index < -0.39 is 10.0 Å². The van der Waals surface area contributed by atoms with Crippen LogP contribution in [0.1, 0.15) is 5.56 Å². The van der Waals surface area contributed by atoms with Crippen LogP contribution in [0, 0.1) is 12.8 Å². The molecule has 0 aliphatic carbocycles. The van der Waals surface area contributed by atoms with Crippen molar-refractivity contribution < 1.29 is 13.2 Å². The molecular weight excluding hydrogens is 254 g/mol. The van der Waals surface area contributed by atoms with Gasteiger partial charge >= 0.3 is 0 Å². The van der Waals surface area contributed by atoms with Gasteiger partial charge < -0.3 is 5.32 Å². The normalized spacial score (nSPS) is 17.2. The molecule has 18 heavy (non-hydrogen) atoms. The summed E-state index contributed by atoms with van der Waals surface area (Å²) < 4.78 is 23.6. The molecule has 2 rings (SSSR count). The molecule has 1 fully saturated rings. The lowest BCUT2D eigenvalue weighted by Crippen LogP contribution is -2.53. The van der Waals surface area contributed by atoms with Gasteiger partial charge in [0.2, 0.25) is 15.9 Å². The van der Waals surface area contributed by atoms with E-state index in [0.29, 0.717) is 5.82 Å². The van der Waals surface area contributed by atoms with Gasteiger partial charge in [0, 0.05) is 19.3 Å². The maximum Gasteiger partial charge on any atom is 0.231 e. The Labute approximate surface area is 106 Å². The van der Waals surface area contributed by atoms with E-state index in [1.54, 1.807) is 12.3 Å². The fourth-order valence-corrected chi connectivity index (χ4v) is 2.61. The average molecular weight is 269 g/mol. The second-order valence-electron chi connectivity index (χ2n) is 4.48. The van der Waals surface area contributed by atoms with Crippen molar-refractivity contribution in [1.82, 2.24) is 9.29 Å². The second kappa shape index (κ2) is 4.66. The van der Waals surface area contributed by atoms with E-state index in [-0.39, 0.29) is 24.9 Å². The van der Waals surface area contributed by atoms with Crippen LogP contribution in [-0.4, -0.2) is 43.0 Å². The summed E-state index contributed by atoms with van der Waals surface area (Å²) in [6.45, 7) is 2.40. The molecule has 0 bridgehead atoms. The van der Waals surface area contributed by atoms with Crippen molar-refractivity contribution in [3.05, 3.63) is 23.9 Å². The number of aromatic nitrogens is 1. The third-order valence-corrected chi connectivity index (χ3v) is 4.09. The molecule has 0 spiro atoms. The Morgan fingerprint density at radius 1 is 1.50 bits per heavy atom. The Bertz CT molecular complexity index is 565. The lowest BCUT2D eigenvalue weighted by molar-refractivity contribution is -0.122. The Balaban J connectivity index is 1.92. The van der Waals surface area contributed by atoms with Gasteiger partial charge in [-0.25, -0.2) is 17.7 Å². The molecule has 1 aromatic heterocycles. The van der Waals surface area contributed by atoms with Gasteiger partial charge in [-0.05, 0) is 24.6 Å². The molecule has 1 aliphatic rings. The molecule has 1 saturated heterocycles. The minimum Gasteiger partial charge on any atom is -0.310 e. The molecule has 7 heteroatoms. The highest BCUT2D eigenvalue weighted by Crippen LogP contribution is 2.20. The van der Waals surface area contributed by atoms with E-state index in [9.17, 15) is 13.2 Å². The number of amides is 1.